The van der Waals surface area contributed by atoms with Gasteiger partial charge < -0.3 is 16.0 Å². The molecule has 0 saturated carbocycles. The summed E-state index contributed by atoms with van der Waals surface area (Å²) in [5, 5.41) is 8.69. The Hall–Kier alpha value is -2.82. The van der Waals surface area contributed by atoms with Gasteiger partial charge >= 0.3 is 0 Å². The lowest BCUT2D eigenvalue weighted by Crippen LogP contribution is -2.28. The van der Waals surface area contributed by atoms with Crippen molar-refractivity contribution < 1.29 is 9.59 Å². The number of amides is 2. The fourth-order valence-electron chi connectivity index (χ4n) is 2.51. The van der Waals surface area contributed by atoms with Gasteiger partial charge in [-0.3, -0.25) is 9.59 Å². The second-order valence-corrected chi connectivity index (χ2v) is 5.76. The molecule has 0 bridgehead atoms. The van der Waals surface area contributed by atoms with Gasteiger partial charge in [-0.2, -0.15) is 0 Å². The zero-order valence-corrected chi connectivity index (χ0v) is 13.2. The van der Waals surface area contributed by atoms with Crippen LogP contribution < -0.4 is 16.0 Å². The summed E-state index contributed by atoms with van der Waals surface area (Å²) in [6.07, 6.45) is 0. The Bertz CT molecular complexity index is 784. The maximum Gasteiger partial charge on any atom is 0.251 e. The molecule has 0 unspecified atom stereocenters. The van der Waals surface area contributed by atoms with Crippen molar-refractivity contribution >= 4 is 23.2 Å². The van der Waals surface area contributed by atoms with Crippen molar-refractivity contribution in [2.45, 2.75) is 20.4 Å². The number of rotatable bonds is 3. The number of benzene rings is 2. The van der Waals surface area contributed by atoms with Crippen LogP contribution in [0.3, 0.4) is 0 Å². The lowest BCUT2D eigenvalue weighted by Gasteiger charge is -2.19. The molecule has 0 fully saturated rings. The maximum absolute atomic E-state index is 12.3. The minimum absolute atomic E-state index is 0.0792. The summed E-state index contributed by atoms with van der Waals surface area (Å²) < 4.78 is 0. The normalized spacial score (nSPS) is 12.9. The lowest BCUT2D eigenvalue weighted by atomic mass is 10.1. The lowest BCUT2D eigenvalue weighted by molar-refractivity contribution is -0.114. The van der Waals surface area contributed by atoms with Crippen LogP contribution in [-0.2, 0) is 11.3 Å². The largest absolute Gasteiger partial charge is 0.374 e. The molecule has 5 heteroatoms. The summed E-state index contributed by atoms with van der Waals surface area (Å²) in [4.78, 5) is 23.6. The van der Waals surface area contributed by atoms with Gasteiger partial charge in [-0.05, 0) is 48.7 Å². The SMILES string of the molecule is Cc1ccc(CNC(=O)c2ccc3c(c2)NCC(=O)N3)cc1C. The van der Waals surface area contributed by atoms with Crippen molar-refractivity contribution in [3.63, 3.8) is 0 Å². The van der Waals surface area contributed by atoms with E-state index < -0.39 is 0 Å². The van der Waals surface area contributed by atoms with E-state index in [-0.39, 0.29) is 18.4 Å². The first-order valence-electron chi connectivity index (χ1n) is 7.55. The van der Waals surface area contributed by atoms with Gasteiger partial charge in [0.2, 0.25) is 5.91 Å². The van der Waals surface area contributed by atoms with E-state index in [4.69, 9.17) is 0 Å². The van der Waals surface area contributed by atoms with Crippen molar-refractivity contribution in [3.05, 3.63) is 58.7 Å². The van der Waals surface area contributed by atoms with Crippen LogP contribution in [0.4, 0.5) is 11.4 Å². The van der Waals surface area contributed by atoms with Gasteiger partial charge in [0, 0.05) is 12.1 Å². The van der Waals surface area contributed by atoms with Crippen LogP contribution in [0.1, 0.15) is 27.0 Å². The first-order valence-corrected chi connectivity index (χ1v) is 7.55. The number of anilines is 2. The molecule has 0 aromatic heterocycles. The molecule has 0 radical (unpaired) electrons. The third-order valence-electron chi connectivity index (χ3n) is 4.02. The topological polar surface area (TPSA) is 70.2 Å². The highest BCUT2D eigenvalue weighted by Gasteiger charge is 2.16. The summed E-state index contributed by atoms with van der Waals surface area (Å²) >= 11 is 0. The number of carbonyl (C=O) groups excluding carboxylic acids is 2. The molecule has 5 nitrogen and oxygen atoms in total. The molecule has 2 aromatic rings. The molecule has 3 N–H and O–H groups in total. The number of aryl methyl sites for hydroxylation is 2. The predicted octanol–water partition coefficient (Wildman–Crippen LogP) is 2.60. The fourth-order valence-corrected chi connectivity index (χ4v) is 2.51. The summed E-state index contributed by atoms with van der Waals surface area (Å²) in [6, 6.07) is 11.4. The van der Waals surface area contributed by atoms with Gasteiger partial charge in [0.25, 0.3) is 5.91 Å². The molecule has 2 aromatic carbocycles. The van der Waals surface area contributed by atoms with Crippen LogP contribution in [0.2, 0.25) is 0 Å². The van der Waals surface area contributed by atoms with Gasteiger partial charge in [-0.15, -0.1) is 0 Å². The molecule has 2 amide bonds. The summed E-state index contributed by atoms with van der Waals surface area (Å²) in [7, 11) is 0. The quantitative estimate of drug-likeness (QED) is 0.816. The van der Waals surface area contributed by atoms with E-state index in [9.17, 15) is 9.59 Å². The first-order chi connectivity index (χ1) is 11.0. The van der Waals surface area contributed by atoms with Gasteiger partial charge in [0.15, 0.2) is 0 Å². The Morgan fingerprint density at radius 2 is 1.91 bits per heavy atom. The highest BCUT2D eigenvalue weighted by Crippen LogP contribution is 2.25. The monoisotopic (exact) mass is 309 g/mol. The molecule has 1 heterocycles. The third kappa shape index (κ3) is 3.34. The van der Waals surface area contributed by atoms with E-state index in [1.807, 2.05) is 6.07 Å². The molecule has 118 valence electrons. The Balaban J connectivity index is 1.68. The number of carbonyl (C=O) groups is 2. The molecule has 0 atom stereocenters. The smallest absolute Gasteiger partial charge is 0.251 e. The minimum Gasteiger partial charge on any atom is -0.374 e. The van der Waals surface area contributed by atoms with Crippen LogP contribution in [0, 0.1) is 13.8 Å². The highest BCUT2D eigenvalue weighted by molar-refractivity contribution is 6.03. The van der Waals surface area contributed by atoms with Gasteiger partial charge in [-0.1, -0.05) is 18.2 Å². The molecule has 1 aliphatic rings. The van der Waals surface area contributed by atoms with E-state index in [1.54, 1.807) is 18.2 Å². The molecule has 3 rings (SSSR count). The summed E-state index contributed by atoms with van der Waals surface area (Å²) in [5.74, 6) is -0.214. The van der Waals surface area contributed by atoms with Crippen molar-refractivity contribution in [2.75, 3.05) is 17.2 Å². The molecule has 0 aliphatic carbocycles. The van der Waals surface area contributed by atoms with E-state index in [0.717, 1.165) is 11.3 Å². The van der Waals surface area contributed by atoms with Gasteiger partial charge in [0.1, 0.15) is 0 Å². The minimum atomic E-state index is -0.135. The molecular formula is C18H19N3O2. The zero-order valence-electron chi connectivity index (χ0n) is 13.2. The van der Waals surface area contributed by atoms with Crippen molar-refractivity contribution in [2.24, 2.45) is 0 Å². The zero-order chi connectivity index (χ0) is 16.4. The second-order valence-electron chi connectivity index (χ2n) is 5.76. The fraction of sp³-hybridized carbons (Fsp3) is 0.222. The van der Waals surface area contributed by atoms with Crippen molar-refractivity contribution in [1.29, 1.82) is 0 Å². The van der Waals surface area contributed by atoms with Gasteiger partial charge in [-0.25, -0.2) is 0 Å². The predicted molar refractivity (Wildman–Crippen MR) is 90.6 cm³/mol. The molecule has 0 saturated heterocycles. The Kier molecular flexibility index (Phi) is 4.02. The van der Waals surface area contributed by atoms with E-state index in [2.05, 4.69) is 41.9 Å². The molecule has 23 heavy (non-hydrogen) atoms. The molecular weight excluding hydrogens is 290 g/mol. The van der Waals surface area contributed by atoms with E-state index in [0.29, 0.717) is 17.8 Å². The number of hydrogen-bond donors (Lipinski definition) is 3. The van der Waals surface area contributed by atoms with E-state index in [1.165, 1.54) is 11.1 Å². The van der Waals surface area contributed by atoms with Crippen LogP contribution in [-0.4, -0.2) is 18.4 Å². The average molecular weight is 309 g/mol. The first kappa shape index (κ1) is 15.1. The van der Waals surface area contributed by atoms with Crippen molar-refractivity contribution in [3.8, 4) is 0 Å². The van der Waals surface area contributed by atoms with Crippen LogP contribution in [0.15, 0.2) is 36.4 Å². The third-order valence-corrected chi connectivity index (χ3v) is 4.02. The second kappa shape index (κ2) is 6.12. The standard InChI is InChI=1S/C18H19N3O2/c1-11-3-4-13(7-12(11)2)9-20-18(23)14-5-6-15-16(8-14)19-10-17(22)21-15/h3-8,19H,9-10H2,1-2H3,(H,20,23)(H,21,22). The van der Waals surface area contributed by atoms with Crippen molar-refractivity contribution in [1.82, 2.24) is 5.32 Å². The Morgan fingerprint density at radius 1 is 1.09 bits per heavy atom. The number of nitrogens with one attached hydrogen (secondary N) is 3. The van der Waals surface area contributed by atoms with Crippen LogP contribution >= 0.6 is 0 Å². The number of hydrogen-bond acceptors (Lipinski definition) is 3. The summed E-state index contributed by atoms with van der Waals surface area (Å²) in [5.41, 5.74) is 5.56. The Morgan fingerprint density at radius 3 is 2.70 bits per heavy atom. The Labute approximate surface area is 135 Å². The summed E-state index contributed by atoms with van der Waals surface area (Å²) in [6.45, 7) is 4.84. The number of fused-ring (bicyclic) bond motifs is 1. The molecule has 0 spiro atoms. The molecule has 1 aliphatic heterocycles. The maximum atomic E-state index is 12.3. The van der Waals surface area contributed by atoms with Gasteiger partial charge in [0.05, 0.1) is 17.9 Å². The van der Waals surface area contributed by atoms with Crippen LogP contribution in [0.25, 0.3) is 0 Å². The highest BCUT2D eigenvalue weighted by atomic mass is 16.2. The van der Waals surface area contributed by atoms with Crippen LogP contribution in [0.5, 0.6) is 0 Å². The van der Waals surface area contributed by atoms with E-state index >= 15 is 0 Å². The average Bonchev–Trinajstić information content (AvgIpc) is 2.55.